The molecule has 1 aliphatic rings. The Bertz CT molecular complexity index is 439. The van der Waals surface area contributed by atoms with Gasteiger partial charge in [0.15, 0.2) is 0 Å². The van der Waals surface area contributed by atoms with Gasteiger partial charge >= 0.3 is 6.09 Å². The highest BCUT2D eigenvalue weighted by Gasteiger charge is 2.34. The number of nitrogens with zero attached hydrogens (tertiary/aromatic N) is 1. The summed E-state index contributed by atoms with van der Waals surface area (Å²) < 4.78 is 5.42. The zero-order valence-corrected chi connectivity index (χ0v) is 12.0. The van der Waals surface area contributed by atoms with Gasteiger partial charge in [-0.1, -0.05) is 30.3 Å². The molecule has 4 nitrogen and oxygen atoms in total. The predicted molar refractivity (Wildman–Crippen MR) is 74.7 cm³/mol. The summed E-state index contributed by atoms with van der Waals surface area (Å²) in [7, 11) is 0. The molecule has 2 rings (SSSR count). The number of carbonyl (C=O) groups excluding carboxylic acids is 1. The first-order chi connectivity index (χ1) is 8.87. The van der Waals surface area contributed by atoms with Crippen LogP contribution in [0.15, 0.2) is 30.3 Å². The lowest BCUT2D eigenvalue weighted by Crippen LogP contribution is -2.41. The molecule has 4 heteroatoms. The number of benzene rings is 1. The Morgan fingerprint density at radius 1 is 1.32 bits per heavy atom. The van der Waals surface area contributed by atoms with E-state index >= 15 is 0 Å². The van der Waals surface area contributed by atoms with E-state index in [0.29, 0.717) is 6.54 Å². The second-order valence-electron chi connectivity index (χ2n) is 5.94. The van der Waals surface area contributed by atoms with E-state index in [1.807, 2.05) is 45.9 Å². The van der Waals surface area contributed by atoms with E-state index in [1.165, 1.54) is 5.56 Å². The molecule has 1 aliphatic heterocycles. The Hall–Kier alpha value is -1.55. The van der Waals surface area contributed by atoms with Crippen molar-refractivity contribution in [2.75, 3.05) is 6.54 Å². The van der Waals surface area contributed by atoms with E-state index in [0.717, 1.165) is 0 Å². The molecule has 0 aliphatic carbocycles. The van der Waals surface area contributed by atoms with Gasteiger partial charge < -0.3 is 4.74 Å². The topological polar surface area (TPSA) is 41.6 Å². The summed E-state index contributed by atoms with van der Waals surface area (Å²) in [6, 6.07) is 10.3. The molecule has 0 radical (unpaired) electrons. The maximum atomic E-state index is 12.1. The van der Waals surface area contributed by atoms with Crippen LogP contribution in [0, 0.1) is 0 Å². The van der Waals surface area contributed by atoms with E-state index in [4.69, 9.17) is 4.74 Å². The maximum Gasteiger partial charge on any atom is 0.411 e. The van der Waals surface area contributed by atoms with Crippen LogP contribution in [0.25, 0.3) is 0 Å². The Balaban J connectivity index is 2.04. The fraction of sp³-hybridized carbons (Fsp3) is 0.533. The van der Waals surface area contributed by atoms with Crippen molar-refractivity contribution in [1.29, 1.82) is 0 Å². The summed E-state index contributed by atoms with van der Waals surface area (Å²) in [6.45, 7) is 8.27. The molecule has 0 saturated carbocycles. The van der Waals surface area contributed by atoms with Crippen molar-refractivity contribution in [3.05, 3.63) is 35.9 Å². The van der Waals surface area contributed by atoms with Crippen molar-refractivity contribution in [2.45, 2.75) is 45.5 Å². The number of rotatable bonds is 1. The quantitative estimate of drug-likeness (QED) is 0.846. The number of ether oxygens (including phenoxy) is 1. The highest BCUT2D eigenvalue weighted by Crippen LogP contribution is 2.24. The van der Waals surface area contributed by atoms with Crippen LogP contribution in [0.3, 0.4) is 0 Å². The van der Waals surface area contributed by atoms with Gasteiger partial charge in [-0.15, -0.1) is 0 Å². The molecule has 2 unspecified atom stereocenters. The minimum Gasteiger partial charge on any atom is -0.444 e. The van der Waals surface area contributed by atoms with E-state index in [2.05, 4.69) is 17.4 Å². The summed E-state index contributed by atoms with van der Waals surface area (Å²) in [5.41, 5.74) is 0.738. The number of amides is 1. The second kappa shape index (κ2) is 5.21. The van der Waals surface area contributed by atoms with E-state index in [-0.39, 0.29) is 18.3 Å². The zero-order chi connectivity index (χ0) is 14.0. The molecule has 2 atom stereocenters. The van der Waals surface area contributed by atoms with Crippen molar-refractivity contribution >= 4 is 6.09 Å². The fourth-order valence-corrected chi connectivity index (χ4v) is 2.23. The molecule has 1 heterocycles. The summed E-state index contributed by atoms with van der Waals surface area (Å²) in [4.78, 5) is 13.9. The van der Waals surface area contributed by atoms with Crippen LogP contribution in [-0.2, 0) is 4.74 Å². The van der Waals surface area contributed by atoms with Gasteiger partial charge in [-0.25, -0.2) is 4.79 Å². The molecule has 19 heavy (non-hydrogen) atoms. The average Bonchev–Trinajstić information content (AvgIpc) is 2.70. The lowest BCUT2D eigenvalue weighted by molar-refractivity contribution is 0.0230. The van der Waals surface area contributed by atoms with E-state index < -0.39 is 5.60 Å². The van der Waals surface area contributed by atoms with Crippen LogP contribution in [-0.4, -0.2) is 29.3 Å². The Labute approximate surface area is 114 Å². The normalized spacial score (nSPS) is 23.5. The molecule has 1 fully saturated rings. The van der Waals surface area contributed by atoms with Gasteiger partial charge in [-0.05, 0) is 33.3 Å². The zero-order valence-electron chi connectivity index (χ0n) is 12.0. The summed E-state index contributed by atoms with van der Waals surface area (Å²) >= 11 is 0. The van der Waals surface area contributed by atoms with Crippen LogP contribution in [0.2, 0.25) is 0 Å². The van der Waals surface area contributed by atoms with Gasteiger partial charge in [0, 0.05) is 6.54 Å². The number of hydrogen-bond acceptors (Lipinski definition) is 3. The Kier molecular flexibility index (Phi) is 3.80. The molecule has 104 valence electrons. The highest BCUT2D eigenvalue weighted by atomic mass is 16.6. The van der Waals surface area contributed by atoms with Gasteiger partial charge in [-0.3, -0.25) is 10.2 Å². The molecule has 1 aromatic carbocycles. The summed E-state index contributed by atoms with van der Waals surface area (Å²) in [5, 5.41) is 3.41. The van der Waals surface area contributed by atoms with Gasteiger partial charge in [-0.2, -0.15) is 0 Å². The lowest BCUT2D eigenvalue weighted by Gasteiger charge is -2.26. The third-order valence-electron chi connectivity index (χ3n) is 3.12. The van der Waals surface area contributed by atoms with Gasteiger partial charge in [0.25, 0.3) is 0 Å². The first-order valence-corrected chi connectivity index (χ1v) is 6.67. The number of hydrogen-bond donors (Lipinski definition) is 1. The standard InChI is InChI=1S/C15H22N2O2/c1-11-16-13(12-8-6-5-7-9-12)10-17(11)14(18)19-15(2,3)4/h5-9,11,13,16H,10H2,1-4H3. The summed E-state index contributed by atoms with van der Waals surface area (Å²) in [6.07, 6.45) is -0.272. The minimum atomic E-state index is -0.457. The smallest absolute Gasteiger partial charge is 0.411 e. The SMILES string of the molecule is CC1NC(c2ccccc2)CN1C(=O)OC(C)(C)C. The van der Waals surface area contributed by atoms with Gasteiger partial charge in [0.05, 0.1) is 12.2 Å². The van der Waals surface area contributed by atoms with Gasteiger partial charge in [0.1, 0.15) is 5.60 Å². The van der Waals surface area contributed by atoms with E-state index in [1.54, 1.807) is 4.90 Å². The number of nitrogens with one attached hydrogen (secondary N) is 1. The molecule has 1 amide bonds. The first-order valence-electron chi connectivity index (χ1n) is 6.67. The van der Waals surface area contributed by atoms with Crippen molar-refractivity contribution < 1.29 is 9.53 Å². The van der Waals surface area contributed by atoms with Crippen molar-refractivity contribution in [3.63, 3.8) is 0 Å². The average molecular weight is 262 g/mol. The van der Waals surface area contributed by atoms with Crippen LogP contribution >= 0.6 is 0 Å². The molecule has 1 saturated heterocycles. The molecule has 1 N–H and O–H groups in total. The highest BCUT2D eigenvalue weighted by molar-refractivity contribution is 5.69. The third kappa shape index (κ3) is 3.47. The lowest BCUT2D eigenvalue weighted by atomic mass is 10.1. The second-order valence-corrected chi connectivity index (χ2v) is 5.94. The molecular formula is C15H22N2O2. The fourth-order valence-electron chi connectivity index (χ4n) is 2.23. The van der Waals surface area contributed by atoms with Crippen LogP contribution in [0.5, 0.6) is 0 Å². The van der Waals surface area contributed by atoms with Crippen LogP contribution < -0.4 is 5.32 Å². The van der Waals surface area contributed by atoms with E-state index in [9.17, 15) is 4.79 Å². The maximum absolute atomic E-state index is 12.1. The molecular weight excluding hydrogens is 240 g/mol. The molecule has 1 aromatic rings. The Morgan fingerprint density at radius 3 is 2.53 bits per heavy atom. The molecule has 0 bridgehead atoms. The van der Waals surface area contributed by atoms with Crippen molar-refractivity contribution in [1.82, 2.24) is 10.2 Å². The largest absolute Gasteiger partial charge is 0.444 e. The molecule has 0 spiro atoms. The predicted octanol–water partition coefficient (Wildman–Crippen LogP) is 2.91. The molecule has 0 aromatic heterocycles. The van der Waals surface area contributed by atoms with Crippen molar-refractivity contribution in [2.24, 2.45) is 0 Å². The monoisotopic (exact) mass is 262 g/mol. The first kappa shape index (κ1) is 13.9. The van der Waals surface area contributed by atoms with Crippen molar-refractivity contribution in [3.8, 4) is 0 Å². The minimum absolute atomic E-state index is 0.0138. The third-order valence-corrected chi connectivity index (χ3v) is 3.12. The summed E-state index contributed by atoms with van der Waals surface area (Å²) in [5.74, 6) is 0. The van der Waals surface area contributed by atoms with Crippen LogP contribution in [0.4, 0.5) is 4.79 Å². The number of carbonyl (C=O) groups is 1. The van der Waals surface area contributed by atoms with Gasteiger partial charge in [0.2, 0.25) is 0 Å². The Morgan fingerprint density at radius 2 is 1.95 bits per heavy atom. The van der Waals surface area contributed by atoms with Crippen LogP contribution in [0.1, 0.15) is 39.3 Å².